The third kappa shape index (κ3) is 7.86. The van der Waals surface area contributed by atoms with Gasteiger partial charge in [-0.05, 0) is 93.3 Å². The number of hydrogen-bond donors (Lipinski definition) is 5. The van der Waals surface area contributed by atoms with Gasteiger partial charge in [-0.15, -0.1) is 6.58 Å². The van der Waals surface area contributed by atoms with Gasteiger partial charge in [0.15, 0.2) is 0 Å². The molecule has 0 aromatic heterocycles. The molecule has 2 saturated heterocycles. The molecule has 4 saturated carbocycles. The molecule has 0 radical (unpaired) electrons. The van der Waals surface area contributed by atoms with E-state index < -0.39 is 53.8 Å². The highest BCUT2D eigenvalue weighted by molar-refractivity contribution is 7.49. The average molecular weight is 812 g/mol. The Morgan fingerprint density at radius 2 is 1.51 bits per heavy atom. The number of carbonyl (C=O) groups is 4. The maximum absolute atomic E-state index is 15.1. The van der Waals surface area contributed by atoms with Crippen molar-refractivity contribution in [3.63, 3.8) is 0 Å². The lowest BCUT2D eigenvalue weighted by molar-refractivity contribution is -0.153. The lowest BCUT2D eigenvalue weighted by Gasteiger charge is -2.47. The van der Waals surface area contributed by atoms with Crippen LogP contribution in [0.2, 0.25) is 0 Å². The number of amides is 4. The molecule has 2 spiro atoms. The fourth-order valence-corrected chi connectivity index (χ4v) is 11.7. The van der Waals surface area contributed by atoms with Crippen LogP contribution in [0.25, 0.3) is 0 Å². The van der Waals surface area contributed by atoms with E-state index in [9.17, 15) is 19.3 Å². The number of nitrogens with two attached hydrogens (primary N) is 2. The first-order valence-corrected chi connectivity index (χ1v) is 22.8. The lowest BCUT2D eigenvalue weighted by Crippen LogP contribution is -2.70. The minimum Gasteiger partial charge on any atom is -0.631 e. The first-order valence-electron chi connectivity index (χ1n) is 21.3. The van der Waals surface area contributed by atoms with Crippen LogP contribution in [0.1, 0.15) is 133 Å². The predicted molar refractivity (Wildman–Crippen MR) is 228 cm³/mol. The molecule has 7 N–H and O–H groups in total. The molecule has 2 aliphatic heterocycles. The Kier molecular flexibility index (Phi) is 12.2. The Bertz CT molecular complexity index is 1660. The maximum atomic E-state index is 15.1. The SMILES string of the molecule is C=CC1C[C@]1(NC(=O)C1CC2(CN1C(=O)C(NC(=C)[C@@H](NC(=O)C1(N)CCCCN1C(C)C)C(C)(C)C)C(C)(C)C)C(C)(C)C21CCC1)C(N)=O.C=[P+]([O-])C1CC1. The van der Waals surface area contributed by atoms with Gasteiger partial charge in [-0.3, -0.25) is 24.1 Å². The summed E-state index contributed by atoms with van der Waals surface area (Å²) in [6.45, 7) is 30.2. The highest BCUT2D eigenvalue weighted by atomic mass is 31.1. The molecule has 6 unspecified atom stereocenters. The Morgan fingerprint density at radius 1 is 0.912 bits per heavy atom. The number of carbonyl (C=O) groups excluding carboxylic acids is 4. The van der Waals surface area contributed by atoms with Crippen LogP contribution in [0.15, 0.2) is 24.9 Å². The average Bonchev–Trinajstić information content (AvgIpc) is 4.02. The largest absolute Gasteiger partial charge is 0.631 e. The molecule has 0 bridgehead atoms. The second-order valence-electron chi connectivity index (χ2n) is 21.3. The third-order valence-electron chi connectivity index (χ3n) is 15.1. The van der Waals surface area contributed by atoms with E-state index in [0.717, 1.165) is 51.5 Å². The van der Waals surface area contributed by atoms with Crippen molar-refractivity contribution in [1.29, 1.82) is 0 Å². The summed E-state index contributed by atoms with van der Waals surface area (Å²) in [6.07, 6.45) is 14.0. The van der Waals surface area contributed by atoms with Gasteiger partial charge in [-0.1, -0.05) is 74.5 Å². The summed E-state index contributed by atoms with van der Waals surface area (Å²) in [5.74, 6) is -1.62. The molecule has 13 heteroatoms. The fraction of sp³-hybridized carbons (Fsp3) is 0.795. The van der Waals surface area contributed by atoms with Crippen LogP contribution in [-0.2, 0) is 19.2 Å². The number of likely N-dealkylation sites (tertiary alicyclic amines) is 2. The normalized spacial score (nSPS) is 32.6. The molecule has 6 fully saturated rings. The zero-order valence-electron chi connectivity index (χ0n) is 36.7. The summed E-state index contributed by atoms with van der Waals surface area (Å²) in [4.78, 5) is 70.1. The molecule has 0 aromatic carbocycles. The molecule has 0 aromatic rings. The number of primary amides is 1. The van der Waals surface area contributed by atoms with Gasteiger partial charge < -0.3 is 37.2 Å². The summed E-state index contributed by atoms with van der Waals surface area (Å²) < 4.78 is 0. The first-order chi connectivity index (χ1) is 26.2. The highest BCUT2D eigenvalue weighted by Gasteiger charge is 2.85. The molecule has 4 amide bonds. The summed E-state index contributed by atoms with van der Waals surface area (Å²) in [7, 11) is -1.05. The van der Waals surface area contributed by atoms with E-state index in [2.05, 4.69) is 68.0 Å². The van der Waals surface area contributed by atoms with E-state index >= 15 is 4.79 Å². The molecule has 2 heterocycles. The van der Waals surface area contributed by atoms with Crippen LogP contribution in [0, 0.1) is 33.0 Å². The van der Waals surface area contributed by atoms with Gasteiger partial charge in [0, 0.05) is 43.9 Å². The van der Waals surface area contributed by atoms with Gasteiger partial charge >= 0.3 is 0 Å². The third-order valence-corrected chi connectivity index (χ3v) is 16.4. The predicted octanol–water partition coefficient (Wildman–Crippen LogP) is 4.27. The fourth-order valence-electron chi connectivity index (χ4n) is 10.9. The summed E-state index contributed by atoms with van der Waals surface area (Å²) in [5.41, 5.74) is 10.2. The van der Waals surface area contributed by atoms with Crippen molar-refractivity contribution in [2.45, 2.75) is 174 Å². The van der Waals surface area contributed by atoms with Crippen LogP contribution in [0.5, 0.6) is 0 Å². The molecular weight excluding hydrogens is 738 g/mol. The zero-order valence-corrected chi connectivity index (χ0v) is 37.6. The summed E-state index contributed by atoms with van der Waals surface area (Å²) in [6, 6.07) is -1.98. The summed E-state index contributed by atoms with van der Waals surface area (Å²) in [5, 5.41) is 9.74. The quantitative estimate of drug-likeness (QED) is 0.143. The molecule has 57 heavy (non-hydrogen) atoms. The van der Waals surface area contributed by atoms with E-state index in [1.165, 1.54) is 0 Å². The van der Waals surface area contributed by atoms with Crippen molar-refractivity contribution in [2.24, 2.45) is 44.5 Å². The number of hydrogen-bond acceptors (Lipinski definition) is 8. The molecule has 12 nitrogen and oxygen atoms in total. The monoisotopic (exact) mass is 812 g/mol. The van der Waals surface area contributed by atoms with Gasteiger partial charge in [0.05, 0.1) is 12.3 Å². The van der Waals surface area contributed by atoms with Crippen LogP contribution in [0.3, 0.4) is 0 Å². The highest BCUT2D eigenvalue weighted by Crippen LogP contribution is 2.88. The second kappa shape index (κ2) is 15.3. The summed E-state index contributed by atoms with van der Waals surface area (Å²) >= 11 is 0. The number of nitrogens with zero attached hydrogens (tertiary/aromatic N) is 2. The van der Waals surface area contributed by atoms with Crippen molar-refractivity contribution < 1.29 is 24.1 Å². The Labute approximate surface area is 343 Å². The Balaban J connectivity index is 0.000000944. The van der Waals surface area contributed by atoms with Crippen molar-refractivity contribution in [3.05, 3.63) is 24.9 Å². The Hall–Kier alpha value is -2.79. The molecule has 320 valence electrons. The molecule has 6 aliphatic rings. The van der Waals surface area contributed by atoms with E-state index in [1.807, 2.05) is 41.5 Å². The van der Waals surface area contributed by atoms with Crippen molar-refractivity contribution in [3.8, 4) is 0 Å². The van der Waals surface area contributed by atoms with E-state index in [0.29, 0.717) is 37.2 Å². The van der Waals surface area contributed by atoms with Crippen LogP contribution in [-0.4, -0.2) is 93.8 Å². The van der Waals surface area contributed by atoms with Crippen molar-refractivity contribution >= 4 is 37.7 Å². The minimum absolute atomic E-state index is 0.0343. The standard InChI is InChI=1S/C40H67N7O4.C4H7OP/c1-13-26-21-39(26,32(41)50)45-30(48)27-22-38(36(11,12)37(38)17-16-18-37)23-46(27)31(49)29(35(8,9)10)43-25(4)28(34(5,6)7)44-33(51)40(42)19-14-15-20-47(40)24(2)3;1-6(5)4-2-3-4/h13,24,26-29,43H,1,4,14-23,42H2,2-3,5-12H3,(H2,41,50)(H,44,51)(H,45,48);4H,1-3H2/t26?,27?,28-,29?,38?,39-,40?;/m1./s1. The van der Waals surface area contributed by atoms with E-state index in [1.54, 1.807) is 11.0 Å². The Morgan fingerprint density at radius 3 is 1.91 bits per heavy atom. The zero-order chi connectivity index (χ0) is 42.9. The van der Waals surface area contributed by atoms with E-state index in [4.69, 9.17) is 11.5 Å². The van der Waals surface area contributed by atoms with Gasteiger partial charge in [-0.2, -0.15) is 0 Å². The topological polar surface area (TPSA) is 186 Å². The van der Waals surface area contributed by atoms with Crippen molar-refractivity contribution in [1.82, 2.24) is 25.8 Å². The number of fused-ring (bicyclic) bond motifs is 1. The van der Waals surface area contributed by atoms with Crippen LogP contribution in [0.4, 0.5) is 0 Å². The molecular formula is C44H74N7O5P. The van der Waals surface area contributed by atoms with Crippen molar-refractivity contribution in [2.75, 3.05) is 13.1 Å². The lowest BCUT2D eigenvalue weighted by atomic mass is 9.73. The number of rotatable bonds is 12. The van der Waals surface area contributed by atoms with Crippen LogP contribution < -0.4 is 32.3 Å². The van der Waals surface area contributed by atoms with E-state index in [-0.39, 0.29) is 45.9 Å². The smallest absolute Gasteiger partial charge is 0.255 e. The maximum Gasteiger partial charge on any atom is 0.255 e. The van der Waals surface area contributed by atoms with Gasteiger partial charge in [0.2, 0.25) is 17.7 Å². The molecule has 8 atom stereocenters. The van der Waals surface area contributed by atoms with Gasteiger partial charge in [0.25, 0.3) is 5.91 Å². The van der Waals surface area contributed by atoms with Crippen LogP contribution >= 0.6 is 7.77 Å². The number of nitrogens with one attached hydrogen (secondary N) is 3. The number of piperidine rings is 1. The second-order valence-corrected chi connectivity index (χ2v) is 22.8. The molecule has 6 rings (SSSR count). The molecule has 4 aliphatic carbocycles. The van der Waals surface area contributed by atoms with Gasteiger partial charge in [-0.25, -0.2) is 0 Å². The van der Waals surface area contributed by atoms with Gasteiger partial charge in [0.1, 0.15) is 28.9 Å². The minimum atomic E-state index is -1.17. The first kappa shape index (κ1) is 45.3.